The fraction of sp³-hybridized carbons (Fsp3) is 0.474. The van der Waals surface area contributed by atoms with Crippen LogP contribution in [0.1, 0.15) is 37.2 Å². The zero-order chi connectivity index (χ0) is 18.5. The molecule has 2 aromatic rings. The standard InChI is InChI=1S/C19H25N5O2/c1-3-24-17(25)8-7-15(18(24)16-10-13-22-23(16)2)19(26)21-12-9-14-6-4-5-11-20-14/h4-6,10-11,13,15,18H,3,7-9,12H2,1-2H3,(H,21,26)/t15-,18-/m0/s1. The summed E-state index contributed by atoms with van der Waals surface area (Å²) in [5, 5.41) is 7.25. The van der Waals surface area contributed by atoms with Crippen molar-refractivity contribution in [3.05, 3.63) is 48.0 Å². The molecule has 0 aliphatic carbocycles. The van der Waals surface area contributed by atoms with Crippen molar-refractivity contribution in [3.63, 3.8) is 0 Å². The van der Waals surface area contributed by atoms with Crippen LogP contribution in [-0.4, -0.2) is 44.6 Å². The Labute approximate surface area is 153 Å². The topological polar surface area (TPSA) is 80.1 Å². The number of likely N-dealkylation sites (tertiary alicyclic amines) is 1. The molecule has 0 unspecified atom stereocenters. The van der Waals surface area contributed by atoms with Gasteiger partial charge in [-0.2, -0.15) is 5.10 Å². The molecule has 7 nitrogen and oxygen atoms in total. The van der Waals surface area contributed by atoms with E-state index in [0.29, 0.717) is 32.4 Å². The van der Waals surface area contributed by atoms with Crippen LogP contribution in [0.2, 0.25) is 0 Å². The lowest BCUT2D eigenvalue weighted by atomic mass is 9.85. The highest BCUT2D eigenvalue weighted by Crippen LogP contribution is 2.36. The Morgan fingerprint density at radius 1 is 1.31 bits per heavy atom. The van der Waals surface area contributed by atoms with E-state index in [1.807, 2.05) is 38.2 Å². The van der Waals surface area contributed by atoms with Crippen molar-refractivity contribution in [1.82, 2.24) is 25.0 Å². The summed E-state index contributed by atoms with van der Waals surface area (Å²) in [5.41, 5.74) is 1.84. The highest BCUT2D eigenvalue weighted by atomic mass is 16.2. The van der Waals surface area contributed by atoms with Gasteiger partial charge in [0.2, 0.25) is 11.8 Å². The molecule has 0 radical (unpaired) electrons. The van der Waals surface area contributed by atoms with Crippen LogP contribution in [-0.2, 0) is 23.1 Å². The molecule has 26 heavy (non-hydrogen) atoms. The number of aryl methyl sites for hydroxylation is 1. The summed E-state index contributed by atoms with van der Waals surface area (Å²) < 4.78 is 1.75. The predicted molar refractivity (Wildman–Crippen MR) is 97.0 cm³/mol. The average Bonchev–Trinajstić information content (AvgIpc) is 3.07. The van der Waals surface area contributed by atoms with Crippen molar-refractivity contribution in [3.8, 4) is 0 Å². The van der Waals surface area contributed by atoms with Crippen molar-refractivity contribution in [2.45, 2.75) is 32.2 Å². The van der Waals surface area contributed by atoms with Gasteiger partial charge in [0.25, 0.3) is 0 Å². The van der Waals surface area contributed by atoms with Gasteiger partial charge in [-0.05, 0) is 31.5 Å². The van der Waals surface area contributed by atoms with Crippen LogP contribution in [0.3, 0.4) is 0 Å². The number of carbonyl (C=O) groups is 2. The van der Waals surface area contributed by atoms with E-state index in [1.54, 1.807) is 22.0 Å². The lowest BCUT2D eigenvalue weighted by Crippen LogP contribution is -2.48. The SMILES string of the molecule is CCN1C(=O)CC[C@H](C(=O)NCCc2ccccn2)[C@H]1c1ccnn1C. The van der Waals surface area contributed by atoms with E-state index in [0.717, 1.165) is 11.4 Å². The monoisotopic (exact) mass is 355 g/mol. The summed E-state index contributed by atoms with van der Waals surface area (Å²) in [7, 11) is 1.85. The highest BCUT2D eigenvalue weighted by Gasteiger charge is 2.41. The maximum Gasteiger partial charge on any atom is 0.225 e. The van der Waals surface area contributed by atoms with Crippen LogP contribution in [0.15, 0.2) is 36.7 Å². The third-order valence-corrected chi connectivity index (χ3v) is 4.95. The van der Waals surface area contributed by atoms with E-state index in [9.17, 15) is 9.59 Å². The van der Waals surface area contributed by atoms with Crippen molar-refractivity contribution in [1.29, 1.82) is 0 Å². The Kier molecular flexibility index (Phi) is 5.65. The highest BCUT2D eigenvalue weighted by molar-refractivity contribution is 5.84. The first-order valence-electron chi connectivity index (χ1n) is 9.06. The molecular formula is C19H25N5O2. The van der Waals surface area contributed by atoms with E-state index in [2.05, 4.69) is 15.4 Å². The van der Waals surface area contributed by atoms with Crippen molar-refractivity contribution < 1.29 is 9.59 Å². The van der Waals surface area contributed by atoms with E-state index in [1.165, 1.54) is 0 Å². The van der Waals surface area contributed by atoms with Crippen LogP contribution in [0.4, 0.5) is 0 Å². The van der Waals surface area contributed by atoms with Gasteiger partial charge in [0.15, 0.2) is 0 Å². The summed E-state index contributed by atoms with van der Waals surface area (Å²) >= 11 is 0. The summed E-state index contributed by atoms with van der Waals surface area (Å²) in [4.78, 5) is 31.3. The van der Waals surface area contributed by atoms with Crippen LogP contribution in [0.25, 0.3) is 0 Å². The van der Waals surface area contributed by atoms with Crippen LogP contribution >= 0.6 is 0 Å². The first kappa shape index (κ1) is 18.1. The van der Waals surface area contributed by atoms with E-state index in [-0.39, 0.29) is 23.8 Å². The number of aromatic nitrogens is 3. The Hall–Kier alpha value is -2.70. The van der Waals surface area contributed by atoms with E-state index >= 15 is 0 Å². The molecule has 2 amide bonds. The van der Waals surface area contributed by atoms with Crippen molar-refractivity contribution in [2.75, 3.05) is 13.1 Å². The second-order valence-electron chi connectivity index (χ2n) is 6.51. The van der Waals surface area contributed by atoms with Crippen LogP contribution in [0, 0.1) is 5.92 Å². The molecule has 1 aliphatic heterocycles. The van der Waals surface area contributed by atoms with Crippen molar-refractivity contribution in [2.24, 2.45) is 13.0 Å². The quantitative estimate of drug-likeness (QED) is 0.851. The van der Waals surface area contributed by atoms with Gasteiger partial charge >= 0.3 is 0 Å². The zero-order valence-corrected chi connectivity index (χ0v) is 15.3. The summed E-state index contributed by atoms with van der Waals surface area (Å²) in [6, 6.07) is 7.37. The number of nitrogens with one attached hydrogen (secondary N) is 1. The first-order chi connectivity index (χ1) is 12.6. The number of hydrogen-bond donors (Lipinski definition) is 1. The smallest absolute Gasteiger partial charge is 0.225 e. The Morgan fingerprint density at radius 3 is 2.81 bits per heavy atom. The second-order valence-corrected chi connectivity index (χ2v) is 6.51. The number of nitrogens with zero attached hydrogens (tertiary/aromatic N) is 4. The first-order valence-corrected chi connectivity index (χ1v) is 9.06. The summed E-state index contributed by atoms with van der Waals surface area (Å²) in [6.07, 6.45) is 5.10. The zero-order valence-electron chi connectivity index (χ0n) is 15.3. The molecule has 7 heteroatoms. The molecule has 3 heterocycles. The third kappa shape index (κ3) is 3.76. The van der Waals surface area contributed by atoms with Crippen LogP contribution in [0.5, 0.6) is 0 Å². The lowest BCUT2D eigenvalue weighted by molar-refractivity contribution is -0.143. The summed E-state index contributed by atoms with van der Waals surface area (Å²) in [5.74, 6) is -0.193. The van der Waals surface area contributed by atoms with Gasteiger partial charge in [0, 0.05) is 51.1 Å². The normalized spacial score (nSPS) is 20.2. The molecule has 2 aromatic heterocycles. The minimum atomic E-state index is -0.274. The molecule has 0 aromatic carbocycles. The molecule has 2 atom stereocenters. The van der Waals surface area contributed by atoms with Gasteiger partial charge in [-0.25, -0.2) is 0 Å². The van der Waals surface area contributed by atoms with Gasteiger partial charge in [0.1, 0.15) is 0 Å². The largest absolute Gasteiger partial charge is 0.355 e. The molecule has 3 rings (SSSR count). The summed E-state index contributed by atoms with van der Waals surface area (Å²) in [6.45, 7) is 3.06. The fourth-order valence-electron chi connectivity index (χ4n) is 3.63. The van der Waals surface area contributed by atoms with Crippen LogP contribution < -0.4 is 5.32 Å². The minimum Gasteiger partial charge on any atom is -0.355 e. The Morgan fingerprint density at radius 2 is 2.15 bits per heavy atom. The number of pyridine rings is 1. The van der Waals surface area contributed by atoms with Gasteiger partial charge in [-0.15, -0.1) is 0 Å². The number of hydrogen-bond acceptors (Lipinski definition) is 4. The maximum absolute atomic E-state index is 12.9. The van der Waals surface area contributed by atoms with Gasteiger partial charge in [-0.1, -0.05) is 6.07 Å². The number of piperidine rings is 1. The number of amides is 2. The van der Waals surface area contributed by atoms with Gasteiger partial charge in [-0.3, -0.25) is 19.3 Å². The second kappa shape index (κ2) is 8.12. The molecule has 0 spiro atoms. The van der Waals surface area contributed by atoms with Crippen molar-refractivity contribution >= 4 is 11.8 Å². The Bertz CT molecular complexity index is 758. The maximum atomic E-state index is 12.9. The molecule has 1 fully saturated rings. The van der Waals surface area contributed by atoms with E-state index < -0.39 is 0 Å². The third-order valence-electron chi connectivity index (χ3n) is 4.95. The number of rotatable bonds is 6. The molecule has 0 bridgehead atoms. The molecule has 1 N–H and O–H groups in total. The van der Waals surface area contributed by atoms with Gasteiger partial charge in [0.05, 0.1) is 17.7 Å². The molecule has 1 saturated heterocycles. The molecule has 1 aliphatic rings. The molecular weight excluding hydrogens is 330 g/mol. The fourth-order valence-corrected chi connectivity index (χ4v) is 3.63. The minimum absolute atomic E-state index is 0.0157. The lowest BCUT2D eigenvalue weighted by Gasteiger charge is -2.40. The predicted octanol–water partition coefficient (Wildman–Crippen LogP) is 1.47. The number of carbonyl (C=O) groups excluding carboxylic acids is 2. The molecule has 0 saturated carbocycles. The van der Waals surface area contributed by atoms with Gasteiger partial charge < -0.3 is 10.2 Å². The average molecular weight is 355 g/mol. The molecule has 138 valence electrons. The Balaban J connectivity index is 1.72. The van der Waals surface area contributed by atoms with E-state index in [4.69, 9.17) is 0 Å².